The molecule has 2 amide bonds. The van der Waals surface area contributed by atoms with Gasteiger partial charge in [0.2, 0.25) is 0 Å². The van der Waals surface area contributed by atoms with Crippen LogP contribution in [0, 0.1) is 5.82 Å². The van der Waals surface area contributed by atoms with Crippen molar-refractivity contribution >= 4 is 30.0 Å². The molecule has 0 atom stereocenters. The lowest BCUT2D eigenvalue weighted by Crippen LogP contribution is -2.32. The second kappa shape index (κ2) is 11.3. The Kier molecular flexibility index (Phi) is 9.06. The molecule has 1 aliphatic rings. The first kappa shape index (κ1) is 24.9. The average Bonchev–Trinajstić information content (AvgIpc) is 3.05. The van der Waals surface area contributed by atoms with Gasteiger partial charge in [-0.1, -0.05) is 27.7 Å². The number of likely N-dealkylation sites (tertiary alicyclic amines) is 1. The van der Waals surface area contributed by atoms with Crippen LogP contribution in [-0.2, 0) is 7.05 Å². The molecular weight excluding hydrogens is 417 g/mol. The van der Waals surface area contributed by atoms with E-state index in [1.54, 1.807) is 13.1 Å². The number of nitrogens with one attached hydrogen (secondary N) is 2. The zero-order valence-electron chi connectivity index (χ0n) is 19.0. The highest BCUT2D eigenvalue weighted by Gasteiger charge is 2.18. The number of rotatable bonds is 6. The van der Waals surface area contributed by atoms with Crippen molar-refractivity contribution in [3.05, 3.63) is 40.8 Å². The molecule has 0 spiro atoms. The largest absolute Gasteiger partial charge is 0.329 e. The third-order valence-corrected chi connectivity index (χ3v) is 5.69. The minimum atomic E-state index is -0.441. The molecule has 1 aromatic heterocycles. The van der Waals surface area contributed by atoms with Gasteiger partial charge in [0.1, 0.15) is 16.5 Å². The highest BCUT2D eigenvalue weighted by Crippen LogP contribution is 2.33. The molecule has 31 heavy (non-hydrogen) atoms. The number of halogens is 1. The van der Waals surface area contributed by atoms with Crippen molar-refractivity contribution in [2.24, 2.45) is 7.05 Å². The fourth-order valence-corrected chi connectivity index (χ4v) is 3.62. The summed E-state index contributed by atoms with van der Waals surface area (Å²) >= 11 is 1.00. The summed E-state index contributed by atoms with van der Waals surface area (Å²) in [6.45, 7) is 10.4. The van der Waals surface area contributed by atoms with Crippen LogP contribution in [0.3, 0.4) is 0 Å². The van der Waals surface area contributed by atoms with Gasteiger partial charge in [-0.05, 0) is 61.7 Å². The molecule has 3 rings (SSSR count). The van der Waals surface area contributed by atoms with Gasteiger partial charge in [0, 0.05) is 30.7 Å². The normalized spacial score (nSPS) is 13.5. The Morgan fingerprint density at radius 2 is 1.68 bits per heavy atom. The summed E-state index contributed by atoms with van der Waals surface area (Å²) in [5, 5.41) is 7.45. The molecule has 0 radical (unpaired) electrons. The highest BCUT2D eigenvalue weighted by atomic mass is 32.2. The van der Waals surface area contributed by atoms with Crippen LogP contribution in [0.15, 0.2) is 23.2 Å². The Morgan fingerprint density at radius 1 is 1.13 bits per heavy atom. The first-order valence-corrected chi connectivity index (χ1v) is 11.2. The van der Waals surface area contributed by atoms with E-state index in [1.165, 1.54) is 36.3 Å². The van der Waals surface area contributed by atoms with Gasteiger partial charge in [-0.25, -0.2) is 9.18 Å². The molecule has 2 N–H and O–H groups in total. The molecule has 0 unspecified atom stereocenters. The molecule has 1 fully saturated rings. The Bertz CT molecular complexity index is 880. The minimum absolute atomic E-state index is 0.0529. The first-order valence-electron chi connectivity index (χ1n) is 10.4. The summed E-state index contributed by atoms with van der Waals surface area (Å²) < 4.78 is 18.0. The predicted molar refractivity (Wildman–Crippen MR) is 123 cm³/mol. The van der Waals surface area contributed by atoms with Gasteiger partial charge in [-0.3, -0.25) is 14.2 Å². The number of anilines is 1. The van der Waals surface area contributed by atoms with Gasteiger partial charge >= 0.3 is 6.03 Å². The van der Waals surface area contributed by atoms with Crippen molar-refractivity contribution in [2.75, 3.05) is 25.5 Å². The van der Waals surface area contributed by atoms with E-state index in [4.69, 9.17) is 0 Å². The smallest absolute Gasteiger partial charge is 0.307 e. The number of carbonyl (C=O) groups is 2. The molecule has 0 aliphatic carbocycles. The number of hydrogen-bond donors (Lipinski definition) is 2. The molecule has 170 valence electrons. The third kappa shape index (κ3) is 7.07. The Morgan fingerprint density at radius 3 is 2.06 bits per heavy atom. The number of benzene rings is 1. The summed E-state index contributed by atoms with van der Waals surface area (Å²) in [5.41, 5.74) is 2.53. The third-order valence-electron chi connectivity index (χ3n) is 4.99. The average molecular weight is 450 g/mol. The number of hydrogen-bond acceptors (Lipinski definition) is 5. The maximum atomic E-state index is 13.9. The zero-order valence-corrected chi connectivity index (χ0v) is 19.8. The summed E-state index contributed by atoms with van der Waals surface area (Å²) in [6, 6.07) is 4.04. The van der Waals surface area contributed by atoms with Crippen molar-refractivity contribution in [1.29, 1.82) is 0 Å². The van der Waals surface area contributed by atoms with E-state index >= 15 is 0 Å². The molecule has 2 aromatic rings. The van der Waals surface area contributed by atoms with E-state index in [0.29, 0.717) is 22.7 Å². The standard InChI is InChI=1S/C18H23FN4O2S.C4H9N/c1-10(2)14-6-12(19)7-15(11(3)4)17(14)20-18(25)22-26-16-8-13(9-24)23(5)21-16;1-5-3-2-4-5/h6-11H,1-5H3,(H2,20,22,25);2-4H2,1H3. The Labute approximate surface area is 187 Å². The molecule has 0 saturated carbocycles. The summed E-state index contributed by atoms with van der Waals surface area (Å²) in [7, 11) is 3.79. The van der Waals surface area contributed by atoms with E-state index in [1.807, 2.05) is 27.7 Å². The van der Waals surface area contributed by atoms with E-state index in [2.05, 4.69) is 27.1 Å². The molecule has 2 heterocycles. The quantitative estimate of drug-likeness (QED) is 0.491. The molecule has 1 aromatic carbocycles. The minimum Gasteiger partial charge on any atom is -0.307 e. The maximum absolute atomic E-state index is 13.9. The van der Waals surface area contributed by atoms with Crippen molar-refractivity contribution < 1.29 is 14.0 Å². The van der Waals surface area contributed by atoms with E-state index in [-0.39, 0.29) is 17.7 Å². The SMILES string of the molecule is CC(C)c1cc(F)cc(C(C)C)c1NC(=O)NSc1cc(C=O)n(C)n1.CN1CCC1. The topological polar surface area (TPSA) is 79.3 Å². The lowest BCUT2D eigenvalue weighted by Gasteiger charge is -2.24. The molecular formula is C22H32FN5O2S. The second-order valence-corrected chi connectivity index (χ2v) is 9.06. The van der Waals surface area contributed by atoms with Crippen LogP contribution in [0.2, 0.25) is 0 Å². The van der Waals surface area contributed by atoms with Crippen LogP contribution < -0.4 is 10.0 Å². The molecule has 7 nitrogen and oxygen atoms in total. The number of aryl methyl sites for hydroxylation is 1. The van der Waals surface area contributed by atoms with Crippen LogP contribution in [0.5, 0.6) is 0 Å². The second-order valence-electron chi connectivity index (χ2n) is 8.23. The number of aldehydes is 1. The fraction of sp³-hybridized carbons (Fsp3) is 0.500. The number of urea groups is 1. The summed E-state index contributed by atoms with van der Waals surface area (Å²) in [5.74, 6) is -0.207. The van der Waals surface area contributed by atoms with Crippen LogP contribution >= 0.6 is 11.9 Å². The molecule has 0 bridgehead atoms. The van der Waals surface area contributed by atoms with Crippen LogP contribution in [-0.4, -0.2) is 47.1 Å². The van der Waals surface area contributed by atoms with Crippen molar-refractivity contribution in [3.8, 4) is 0 Å². The van der Waals surface area contributed by atoms with Crippen LogP contribution in [0.1, 0.15) is 67.6 Å². The monoisotopic (exact) mass is 449 g/mol. The Balaban J connectivity index is 0.000000597. The van der Waals surface area contributed by atoms with Gasteiger partial charge in [0.05, 0.1) is 0 Å². The Hall–Kier alpha value is -2.39. The van der Waals surface area contributed by atoms with E-state index in [0.717, 1.165) is 23.1 Å². The molecule has 9 heteroatoms. The van der Waals surface area contributed by atoms with Crippen LogP contribution in [0.4, 0.5) is 14.9 Å². The van der Waals surface area contributed by atoms with E-state index in [9.17, 15) is 14.0 Å². The van der Waals surface area contributed by atoms with Crippen LogP contribution in [0.25, 0.3) is 0 Å². The zero-order chi connectivity index (χ0) is 23.1. The van der Waals surface area contributed by atoms with Gasteiger partial charge in [0.15, 0.2) is 6.29 Å². The lowest BCUT2D eigenvalue weighted by molar-refractivity contribution is 0.111. The number of amides is 2. The number of aromatic nitrogens is 2. The first-order chi connectivity index (χ1) is 14.6. The van der Waals surface area contributed by atoms with Gasteiger partial charge in [0.25, 0.3) is 0 Å². The lowest BCUT2D eigenvalue weighted by atomic mass is 9.92. The van der Waals surface area contributed by atoms with Crippen molar-refractivity contribution in [1.82, 2.24) is 19.4 Å². The maximum Gasteiger partial charge on any atom is 0.329 e. The molecule has 1 saturated heterocycles. The van der Waals surface area contributed by atoms with Crippen molar-refractivity contribution in [3.63, 3.8) is 0 Å². The number of carbonyl (C=O) groups excluding carboxylic acids is 2. The fourth-order valence-electron chi connectivity index (χ4n) is 3.03. The van der Waals surface area contributed by atoms with Gasteiger partial charge < -0.3 is 10.2 Å². The van der Waals surface area contributed by atoms with Gasteiger partial charge in [-0.2, -0.15) is 5.10 Å². The number of nitrogens with zero attached hydrogens (tertiary/aromatic N) is 3. The highest BCUT2D eigenvalue weighted by molar-refractivity contribution is 7.97. The molecule has 1 aliphatic heterocycles. The van der Waals surface area contributed by atoms with Gasteiger partial charge in [-0.15, -0.1) is 0 Å². The summed E-state index contributed by atoms with van der Waals surface area (Å²) in [6.07, 6.45) is 2.11. The van der Waals surface area contributed by atoms with E-state index < -0.39 is 6.03 Å². The predicted octanol–water partition coefficient (Wildman–Crippen LogP) is 4.77. The van der Waals surface area contributed by atoms with Crippen molar-refractivity contribution in [2.45, 2.75) is 51.0 Å². The summed E-state index contributed by atoms with van der Waals surface area (Å²) in [4.78, 5) is 25.5.